The molecule has 2 rings (SSSR count). The van der Waals surface area contributed by atoms with Gasteiger partial charge in [-0.05, 0) is 26.0 Å². The van der Waals surface area contributed by atoms with Crippen LogP contribution >= 0.6 is 11.3 Å². The van der Waals surface area contributed by atoms with Gasteiger partial charge in [-0.15, -0.1) is 11.3 Å². The molecular weight excluding hydrogens is 250 g/mol. The van der Waals surface area contributed by atoms with Crippen LogP contribution in [0.2, 0.25) is 0 Å². The van der Waals surface area contributed by atoms with Crippen molar-refractivity contribution in [2.75, 3.05) is 6.61 Å². The third-order valence-corrected chi connectivity index (χ3v) is 3.42. The zero-order valence-corrected chi connectivity index (χ0v) is 11.0. The van der Waals surface area contributed by atoms with Crippen molar-refractivity contribution < 1.29 is 14.6 Å². The summed E-state index contributed by atoms with van der Waals surface area (Å²) in [5, 5.41) is 9.69. The third-order valence-electron chi connectivity index (χ3n) is 2.42. The van der Waals surface area contributed by atoms with Gasteiger partial charge in [-0.3, -0.25) is 0 Å². The zero-order chi connectivity index (χ0) is 13.1. The zero-order valence-electron chi connectivity index (χ0n) is 10.1. The molecule has 0 spiro atoms. The predicted octanol–water partition coefficient (Wildman–Crippen LogP) is 3.22. The van der Waals surface area contributed by atoms with E-state index >= 15 is 0 Å². The average molecular weight is 263 g/mol. The summed E-state index contributed by atoms with van der Waals surface area (Å²) in [6.07, 6.45) is 0. The SMILES string of the molecule is CCOc1ccccc1-c1nc(C(=O)O)c(C)s1. The summed E-state index contributed by atoms with van der Waals surface area (Å²) in [7, 11) is 0. The maximum Gasteiger partial charge on any atom is 0.355 e. The number of aromatic carboxylic acids is 1. The van der Waals surface area contributed by atoms with E-state index in [1.807, 2.05) is 31.2 Å². The molecule has 0 atom stereocenters. The number of carboxylic acids is 1. The van der Waals surface area contributed by atoms with E-state index in [1.165, 1.54) is 11.3 Å². The van der Waals surface area contributed by atoms with E-state index < -0.39 is 5.97 Å². The molecule has 1 N–H and O–H groups in total. The number of rotatable bonds is 4. The Morgan fingerprint density at radius 1 is 1.44 bits per heavy atom. The molecule has 0 bridgehead atoms. The smallest absolute Gasteiger partial charge is 0.355 e. The summed E-state index contributed by atoms with van der Waals surface area (Å²) in [5.41, 5.74) is 0.946. The Hall–Kier alpha value is -1.88. The summed E-state index contributed by atoms with van der Waals surface area (Å²) in [6.45, 7) is 4.23. The molecule has 0 radical (unpaired) electrons. The van der Waals surface area contributed by atoms with E-state index in [9.17, 15) is 4.79 Å². The first kappa shape index (κ1) is 12.6. The van der Waals surface area contributed by atoms with Crippen LogP contribution in [0.15, 0.2) is 24.3 Å². The average Bonchev–Trinajstić information content (AvgIpc) is 2.72. The second-order valence-corrected chi connectivity index (χ2v) is 4.86. The van der Waals surface area contributed by atoms with Gasteiger partial charge in [0.1, 0.15) is 10.8 Å². The first-order chi connectivity index (χ1) is 8.63. The molecule has 0 fully saturated rings. The number of hydrogen-bond acceptors (Lipinski definition) is 4. The monoisotopic (exact) mass is 263 g/mol. The van der Waals surface area contributed by atoms with Crippen molar-refractivity contribution >= 4 is 17.3 Å². The number of ether oxygens (including phenoxy) is 1. The molecule has 18 heavy (non-hydrogen) atoms. The Morgan fingerprint density at radius 3 is 2.78 bits per heavy atom. The molecule has 0 saturated carbocycles. The van der Waals surface area contributed by atoms with Crippen LogP contribution in [0.3, 0.4) is 0 Å². The van der Waals surface area contributed by atoms with E-state index in [2.05, 4.69) is 4.98 Å². The Kier molecular flexibility index (Phi) is 3.62. The molecular formula is C13H13NO3S. The van der Waals surface area contributed by atoms with Crippen LogP contribution < -0.4 is 4.74 Å². The molecule has 5 heteroatoms. The lowest BCUT2D eigenvalue weighted by molar-refractivity contribution is 0.0690. The first-order valence-electron chi connectivity index (χ1n) is 5.56. The van der Waals surface area contributed by atoms with Crippen molar-refractivity contribution in [1.29, 1.82) is 0 Å². The van der Waals surface area contributed by atoms with Crippen molar-refractivity contribution in [3.05, 3.63) is 34.8 Å². The van der Waals surface area contributed by atoms with Gasteiger partial charge in [0.05, 0.1) is 12.2 Å². The van der Waals surface area contributed by atoms with Gasteiger partial charge in [-0.1, -0.05) is 12.1 Å². The van der Waals surface area contributed by atoms with E-state index in [4.69, 9.17) is 9.84 Å². The molecule has 0 aliphatic carbocycles. The molecule has 1 heterocycles. The molecule has 2 aromatic rings. The highest BCUT2D eigenvalue weighted by Crippen LogP contribution is 2.34. The fraction of sp³-hybridized carbons (Fsp3) is 0.231. The minimum atomic E-state index is -0.996. The van der Waals surface area contributed by atoms with Crippen molar-refractivity contribution in [1.82, 2.24) is 4.98 Å². The van der Waals surface area contributed by atoms with Crippen LogP contribution in [0.4, 0.5) is 0 Å². The van der Waals surface area contributed by atoms with Gasteiger partial charge in [0.25, 0.3) is 0 Å². The lowest BCUT2D eigenvalue weighted by atomic mass is 10.2. The number of para-hydroxylation sites is 1. The second kappa shape index (κ2) is 5.18. The number of carbonyl (C=O) groups is 1. The van der Waals surface area contributed by atoms with Gasteiger partial charge in [0, 0.05) is 4.88 Å². The fourth-order valence-corrected chi connectivity index (χ4v) is 2.57. The molecule has 4 nitrogen and oxygen atoms in total. The maximum atomic E-state index is 11.0. The second-order valence-electron chi connectivity index (χ2n) is 3.66. The van der Waals surface area contributed by atoms with Gasteiger partial charge in [-0.25, -0.2) is 9.78 Å². The Morgan fingerprint density at radius 2 is 2.17 bits per heavy atom. The van der Waals surface area contributed by atoms with Crippen molar-refractivity contribution in [2.45, 2.75) is 13.8 Å². The predicted molar refractivity (Wildman–Crippen MR) is 70.4 cm³/mol. The van der Waals surface area contributed by atoms with Crippen molar-refractivity contribution in [3.8, 4) is 16.3 Å². The molecule has 0 saturated heterocycles. The van der Waals surface area contributed by atoms with Gasteiger partial charge >= 0.3 is 5.97 Å². The largest absolute Gasteiger partial charge is 0.493 e. The Bertz CT molecular complexity index is 577. The normalized spacial score (nSPS) is 10.3. The van der Waals surface area contributed by atoms with Crippen LogP contribution in [0.1, 0.15) is 22.3 Å². The standard InChI is InChI=1S/C13H13NO3S/c1-3-17-10-7-5-4-6-9(10)12-14-11(13(15)16)8(2)18-12/h4-7H,3H2,1-2H3,(H,15,16). The minimum Gasteiger partial charge on any atom is -0.493 e. The molecule has 0 aliphatic rings. The van der Waals surface area contributed by atoms with Gasteiger partial charge in [0.2, 0.25) is 0 Å². The van der Waals surface area contributed by atoms with E-state index in [0.29, 0.717) is 16.5 Å². The van der Waals surface area contributed by atoms with Crippen LogP contribution in [0, 0.1) is 6.92 Å². The number of aromatic nitrogens is 1. The Labute approximate surface area is 109 Å². The molecule has 0 amide bonds. The maximum absolute atomic E-state index is 11.0. The molecule has 1 aromatic carbocycles. The number of carboxylic acid groups (broad SMARTS) is 1. The van der Waals surface area contributed by atoms with E-state index in [1.54, 1.807) is 6.92 Å². The topological polar surface area (TPSA) is 59.4 Å². The van der Waals surface area contributed by atoms with Crippen LogP contribution in [0.5, 0.6) is 5.75 Å². The summed E-state index contributed by atoms with van der Waals surface area (Å²) < 4.78 is 5.52. The van der Waals surface area contributed by atoms with Gasteiger partial charge in [0.15, 0.2) is 5.69 Å². The summed E-state index contributed by atoms with van der Waals surface area (Å²) >= 11 is 1.36. The van der Waals surface area contributed by atoms with E-state index in [-0.39, 0.29) is 5.69 Å². The molecule has 94 valence electrons. The van der Waals surface area contributed by atoms with E-state index in [0.717, 1.165) is 11.3 Å². The highest BCUT2D eigenvalue weighted by atomic mass is 32.1. The third kappa shape index (κ3) is 2.36. The Balaban J connectivity index is 2.48. The molecule has 1 aromatic heterocycles. The number of thiazole rings is 1. The number of nitrogens with zero attached hydrogens (tertiary/aromatic N) is 1. The number of hydrogen-bond donors (Lipinski definition) is 1. The minimum absolute atomic E-state index is 0.112. The van der Waals surface area contributed by atoms with Crippen molar-refractivity contribution in [3.63, 3.8) is 0 Å². The van der Waals surface area contributed by atoms with Crippen LogP contribution in [-0.4, -0.2) is 22.7 Å². The highest BCUT2D eigenvalue weighted by molar-refractivity contribution is 7.15. The molecule has 0 unspecified atom stereocenters. The first-order valence-corrected chi connectivity index (χ1v) is 6.38. The van der Waals surface area contributed by atoms with Gasteiger partial charge in [-0.2, -0.15) is 0 Å². The number of benzene rings is 1. The fourth-order valence-electron chi connectivity index (χ4n) is 1.63. The quantitative estimate of drug-likeness (QED) is 0.920. The summed E-state index contributed by atoms with van der Waals surface area (Å²) in [6, 6.07) is 7.51. The van der Waals surface area contributed by atoms with Crippen LogP contribution in [0.25, 0.3) is 10.6 Å². The lowest BCUT2D eigenvalue weighted by Gasteiger charge is -2.06. The molecule has 0 aliphatic heterocycles. The van der Waals surface area contributed by atoms with Crippen molar-refractivity contribution in [2.24, 2.45) is 0 Å². The summed E-state index contributed by atoms with van der Waals surface area (Å²) in [4.78, 5) is 15.8. The van der Waals surface area contributed by atoms with Crippen LogP contribution in [-0.2, 0) is 0 Å². The lowest BCUT2D eigenvalue weighted by Crippen LogP contribution is -1.98. The highest BCUT2D eigenvalue weighted by Gasteiger charge is 2.17. The summed E-state index contributed by atoms with van der Waals surface area (Å²) in [5.74, 6) is -0.269. The van der Waals surface area contributed by atoms with Gasteiger partial charge < -0.3 is 9.84 Å². The number of aryl methyl sites for hydroxylation is 1.